The second kappa shape index (κ2) is 9.02. The lowest BCUT2D eigenvalue weighted by Crippen LogP contribution is -2.40. The molecular weight excluding hydrogens is 418 g/mol. The summed E-state index contributed by atoms with van der Waals surface area (Å²) in [7, 11) is 0. The van der Waals surface area contributed by atoms with Crippen LogP contribution in [0, 0.1) is 0 Å². The van der Waals surface area contributed by atoms with Crippen LogP contribution in [0.4, 0.5) is 17.5 Å². The first-order chi connectivity index (χ1) is 16.1. The molecule has 0 radical (unpaired) electrons. The molecule has 8 heteroatoms. The smallest absolute Gasteiger partial charge is 0.258 e. The number of benzene rings is 1. The van der Waals surface area contributed by atoms with Gasteiger partial charge >= 0.3 is 0 Å². The van der Waals surface area contributed by atoms with Gasteiger partial charge in [0.2, 0.25) is 5.95 Å². The van der Waals surface area contributed by atoms with Crippen LogP contribution >= 0.6 is 0 Å². The number of carbonyl (C=O) groups excluding carboxylic acids is 1. The molecule has 0 spiro atoms. The Balaban J connectivity index is 1.61. The predicted octanol–water partition coefficient (Wildman–Crippen LogP) is 3.02. The maximum absolute atomic E-state index is 13.4. The number of anilines is 3. The fourth-order valence-corrected chi connectivity index (χ4v) is 5.17. The minimum Gasteiger partial charge on any atom is -0.378 e. The average molecular weight is 450 g/mol. The number of hydrogen-bond acceptors (Lipinski definition) is 7. The number of carbonyl (C=O) groups is 1. The summed E-state index contributed by atoms with van der Waals surface area (Å²) in [6.07, 6.45) is 2.12. The number of Topliss-reactive ketones (excluding diaryl/α,β-unsaturated/α-hetero) is 1. The van der Waals surface area contributed by atoms with Crippen molar-refractivity contribution in [3.8, 4) is 0 Å². The number of rotatable bonds is 5. The summed E-state index contributed by atoms with van der Waals surface area (Å²) in [5.41, 5.74) is 4.03. The second-order valence-electron chi connectivity index (χ2n) is 8.74. The number of hydrogen-bond donors (Lipinski definition) is 2. The van der Waals surface area contributed by atoms with Gasteiger partial charge in [-0.25, -0.2) is 0 Å². The van der Waals surface area contributed by atoms with Crippen molar-refractivity contribution in [1.29, 1.82) is 0 Å². The molecule has 0 saturated carbocycles. The Labute approximate surface area is 193 Å². The van der Waals surface area contributed by atoms with E-state index in [2.05, 4.69) is 53.3 Å². The molecule has 2 N–H and O–H groups in total. The minimum absolute atomic E-state index is 0.115. The number of nitrogens with one attached hydrogen (secondary N) is 2. The zero-order valence-corrected chi connectivity index (χ0v) is 19.3. The summed E-state index contributed by atoms with van der Waals surface area (Å²) < 4.78 is 5.44. The van der Waals surface area contributed by atoms with E-state index >= 15 is 0 Å². The van der Waals surface area contributed by atoms with E-state index < -0.39 is 5.92 Å². The number of aromatic nitrogens is 2. The molecule has 0 amide bonds. The van der Waals surface area contributed by atoms with E-state index in [1.807, 2.05) is 4.90 Å². The van der Waals surface area contributed by atoms with Crippen molar-refractivity contribution in [3.63, 3.8) is 0 Å². The van der Waals surface area contributed by atoms with Gasteiger partial charge in [0.1, 0.15) is 5.82 Å². The van der Waals surface area contributed by atoms with Gasteiger partial charge in [0.25, 0.3) is 5.56 Å². The van der Waals surface area contributed by atoms with Crippen molar-refractivity contribution in [3.05, 3.63) is 57.0 Å². The van der Waals surface area contributed by atoms with Gasteiger partial charge < -0.3 is 19.9 Å². The number of morpholine rings is 1. The Morgan fingerprint density at radius 3 is 2.52 bits per heavy atom. The lowest BCUT2D eigenvalue weighted by Gasteiger charge is -2.34. The standard InChI is InChI=1S/C25H31N5O3/c1-3-29(4-2)17-10-8-16(9-11-17)20-21-18(6-5-7-19(21)31)26-23-22(20)24(32)28-25(27-23)30-12-14-33-15-13-30/h8-11,20H,3-7,12-15H2,1-2H3,(H2,26,27,28,32). The molecule has 174 valence electrons. The zero-order valence-electron chi connectivity index (χ0n) is 19.3. The first-order valence-electron chi connectivity index (χ1n) is 12.0. The third-order valence-corrected chi connectivity index (χ3v) is 6.91. The molecule has 8 nitrogen and oxygen atoms in total. The first-order valence-corrected chi connectivity index (χ1v) is 12.0. The maximum Gasteiger partial charge on any atom is 0.258 e. The van der Waals surface area contributed by atoms with Gasteiger partial charge in [-0.3, -0.25) is 14.6 Å². The molecule has 1 aromatic heterocycles. The predicted molar refractivity (Wildman–Crippen MR) is 129 cm³/mol. The number of allylic oxidation sites excluding steroid dienone is 2. The lowest BCUT2D eigenvalue weighted by molar-refractivity contribution is -0.116. The quantitative estimate of drug-likeness (QED) is 0.725. The third-order valence-electron chi connectivity index (χ3n) is 6.91. The highest BCUT2D eigenvalue weighted by Gasteiger charge is 2.38. The summed E-state index contributed by atoms with van der Waals surface area (Å²) in [6, 6.07) is 8.27. The highest BCUT2D eigenvalue weighted by atomic mass is 16.5. The Morgan fingerprint density at radius 1 is 1.09 bits per heavy atom. The molecule has 1 atom stereocenters. The van der Waals surface area contributed by atoms with Crippen molar-refractivity contribution >= 4 is 23.2 Å². The normalized spacial score (nSPS) is 20.2. The van der Waals surface area contributed by atoms with Crippen molar-refractivity contribution in [2.75, 3.05) is 54.5 Å². The van der Waals surface area contributed by atoms with Crippen LogP contribution < -0.4 is 20.7 Å². The Kier molecular flexibility index (Phi) is 5.93. The highest BCUT2D eigenvalue weighted by molar-refractivity contribution is 6.00. The fraction of sp³-hybridized carbons (Fsp3) is 0.480. The Morgan fingerprint density at radius 2 is 1.82 bits per heavy atom. The SMILES string of the molecule is CCN(CC)c1ccc(C2C3=C(CCCC3=O)Nc3nc(N4CCOCC4)[nH]c(=O)c32)cc1. The van der Waals surface area contributed by atoms with Gasteiger partial charge in [0, 0.05) is 55.5 Å². The molecule has 1 fully saturated rings. The molecule has 0 bridgehead atoms. The largest absolute Gasteiger partial charge is 0.378 e. The van der Waals surface area contributed by atoms with Crippen LogP contribution in [0.5, 0.6) is 0 Å². The molecule has 2 aliphatic heterocycles. The zero-order chi connectivity index (χ0) is 22.9. The highest BCUT2D eigenvalue weighted by Crippen LogP contribution is 2.43. The van der Waals surface area contributed by atoms with Crippen LogP contribution in [0.3, 0.4) is 0 Å². The van der Waals surface area contributed by atoms with E-state index in [4.69, 9.17) is 9.72 Å². The number of aromatic amines is 1. The lowest BCUT2D eigenvalue weighted by atomic mass is 9.76. The molecule has 1 unspecified atom stereocenters. The molecule has 5 rings (SSSR count). The van der Waals surface area contributed by atoms with Gasteiger partial charge in [-0.15, -0.1) is 0 Å². The van der Waals surface area contributed by atoms with Gasteiger partial charge in [0.05, 0.1) is 18.8 Å². The molecule has 33 heavy (non-hydrogen) atoms. The van der Waals surface area contributed by atoms with Crippen LogP contribution in [-0.2, 0) is 9.53 Å². The van der Waals surface area contributed by atoms with Crippen molar-refractivity contribution < 1.29 is 9.53 Å². The number of ether oxygens (including phenoxy) is 1. The Bertz CT molecular complexity index is 1130. The molecule has 3 heterocycles. The van der Waals surface area contributed by atoms with Crippen LogP contribution in [0.15, 0.2) is 40.3 Å². The molecule has 1 aliphatic carbocycles. The summed E-state index contributed by atoms with van der Waals surface area (Å²) in [5, 5.41) is 3.36. The van der Waals surface area contributed by atoms with E-state index in [0.29, 0.717) is 50.1 Å². The van der Waals surface area contributed by atoms with E-state index in [-0.39, 0.29) is 11.3 Å². The van der Waals surface area contributed by atoms with Crippen LogP contribution in [-0.4, -0.2) is 55.1 Å². The first kappa shape index (κ1) is 21.7. The summed E-state index contributed by atoms with van der Waals surface area (Å²) in [6.45, 7) is 8.71. The topological polar surface area (TPSA) is 90.6 Å². The molecular formula is C25H31N5O3. The van der Waals surface area contributed by atoms with Crippen LogP contribution in [0.2, 0.25) is 0 Å². The average Bonchev–Trinajstić information content (AvgIpc) is 2.85. The molecule has 1 aromatic carbocycles. The molecule has 3 aliphatic rings. The van der Waals surface area contributed by atoms with Gasteiger partial charge in [-0.2, -0.15) is 4.98 Å². The Hall–Kier alpha value is -3.13. The van der Waals surface area contributed by atoms with Crippen molar-refractivity contribution in [2.24, 2.45) is 0 Å². The van der Waals surface area contributed by atoms with Crippen LogP contribution in [0.25, 0.3) is 0 Å². The molecule has 1 saturated heterocycles. The fourth-order valence-electron chi connectivity index (χ4n) is 5.17. The molecule has 2 aromatic rings. The van der Waals surface area contributed by atoms with Crippen LogP contribution in [0.1, 0.15) is 50.2 Å². The monoisotopic (exact) mass is 449 g/mol. The number of fused-ring (bicyclic) bond motifs is 1. The summed E-state index contributed by atoms with van der Waals surface area (Å²) in [4.78, 5) is 38.6. The van der Waals surface area contributed by atoms with Crippen molar-refractivity contribution in [1.82, 2.24) is 9.97 Å². The van der Waals surface area contributed by atoms with Gasteiger partial charge in [-0.1, -0.05) is 12.1 Å². The second-order valence-corrected chi connectivity index (χ2v) is 8.74. The summed E-state index contributed by atoms with van der Waals surface area (Å²) >= 11 is 0. The third kappa shape index (κ3) is 3.93. The summed E-state index contributed by atoms with van der Waals surface area (Å²) in [5.74, 6) is 0.816. The number of ketones is 1. The van der Waals surface area contributed by atoms with E-state index in [1.165, 1.54) is 0 Å². The van der Waals surface area contributed by atoms with E-state index in [0.717, 1.165) is 48.5 Å². The number of nitrogens with zero attached hydrogens (tertiary/aromatic N) is 3. The van der Waals surface area contributed by atoms with Crippen molar-refractivity contribution in [2.45, 2.75) is 39.0 Å². The maximum atomic E-state index is 13.4. The van der Waals surface area contributed by atoms with Gasteiger partial charge in [-0.05, 0) is 44.4 Å². The number of H-pyrrole nitrogens is 1. The van der Waals surface area contributed by atoms with E-state index in [9.17, 15) is 9.59 Å². The van der Waals surface area contributed by atoms with E-state index in [1.54, 1.807) is 0 Å². The van der Waals surface area contributed by atoms with Gasteiger partial charge in [0.15, 0.2) is 5.78 Å². The minimum atomic E-state index is -0.412.